The largest absolute Gasteiger partial charge is 0.276 e. The summed E-state index contributed by atoms with van der Waals surface area (Å²) in [5.74, 6) is 0. The molecule has 1 heterocycles. The van der Waals surface area contributed by atoms with E-state index in [-0.39, 0.29) is 0 Å². The summed E-state index contributed by atoms with van der Waals surface area (Å²) in [7, 11) is 0. The number of aromatic nitrogens is 2. The number of hydrogen-bond acceptors (Lipinski definition) is 1. The van der Waals surface area contributed by atoms with Crippen molar-refractivity contribution in [1.29, 1.82) is 0 Å². The van der Waals surface area contributed by atoms with E-state index < -0.39 is 0 Å². The number of nitrogens with zero attached hydrogens (tertiary/aromatic N) is 1. The summed E-state index contributed by atoms with van der Waals surface area (Å²) in [4.78, 5) is 0. The van der Waals surface area contributed by atoms with Gasteiger partial charge in [-0.25, -0.2) is 0 Å². The zero-order valence-electron chi connectivity index (χ0n) is 5.06. The van der Waals surface area contributed by atoms with Crippen LogP contribution in [0.2, 0.25) is 5.15 Å². The molecular formula is C7H4ClN2. The molecule has 0 bridgehead atoms. The zero-order chi connectivity index (χ0) is 6.97. The predicted molar refractivity (Wildman–Crippen MR) is 39.9 cm³/mol. The SMILES string of the molecule is Clc1n[nH]c2cc[c]cc12. The number of hydrogen-bond donors (Lipinski definition) is 1. The Labute approximate surface area is 62.8 Å². The average Bonchev–Trinajstić information content (AvgIpc) is 2.34. The minimum absolute atomic E-state index is 0.506. The lowest BCUT2D eigenvalue weighted by Crippen LogP contribution is -1.64. The van der Waals surface area contributed by atoms with Gasteiger partial charge in [-0.3, -0.25) is 5.10 Å². The summed E-state index contributed by atoms with van der Waals surface area (Å²) >= 11 is 5.71. The number of rotatable bonds is 0. The first-order chi connectivity index (χ1) is 4.88. The van der Waals surface area contributed by atoms with E-state index in [9.17, 15) is 0 Å². The van der Waals surface area contributed by atoms with E-state index in [0.717, 1.165) is 10.9 Å². The third-order valence-electron chi connectivity index (χ3n) is 1.36. The summed E-state index contributed by atoms with van der Waals surface area (Å²) in [5.41, 5.74) is 0.948. The topological polar surface area (TPSA) is 28.7 Å². The molecule has 0 spiro atoms. The highest BCUT2D eigenvalue weighted by molar-refractivity contribution is 6.34. The molecule has 3 heteroatoms. The monoisotopic (exact) mass is 151 g/mol. The van der Waals surface area contributed by atoms with Crippen molar-refractivity contribution in [2.45, 2.75) is 0 Å². The Balaban J connectivity index is 2.93. The molecule has 1 aromatic heterocycles. The quantitative estimate of drug-likeness (QED) is 0.613. The summed E-state index contributed by atoms with van der Waals surface area (Å²) in [6, 6.07) is 8.42. The Morgan fingerprint density at radius 1 is 1.60 bits per heavy atom. The van der Waals surface area contributed by atoms with E-state index in [1.165, 1.54) is 0 Å². The first-order valence-electron chi connectivity index (χ1n) is 2.87. The van der Waals surface area contributed by atoms with Crippen LogP contribution in [0.15, 0.2) is 18.2 Å². The second-order valence-electron chi connectivity index (χ2n) is 1.99. The Kier molecular flexibility index (Phi) is 1.14. The van der Waals surface area contributed by atoms with Crippen molar-refractivity contribution < 1.29 is 0 Å². The Bertz CT molecular complexity index is 353. The minimum atomic E-state index is 0.506. The van der Waals surface area contributed by atoms with Crippen LogP contribution in [0.3, 0.4) is 0 Å². The van der Waals surface area contributed by atoms with Gasteiger partial charge in [-0.2, -0.15) is 5.10 Å². The van der Waals surface area contributed by atoms with Crippen molar-refractivity contribution in [2.75, 3.05) is 0 Å². The van der Waals surface area contributed by atoms with Gasteiger partial charge in [-0.05, 0) is 18.2 Å². The van der Waals surface area contributed by atoms with Crippen LogP contribution in [0, 0.1) is 6.07 Å². The van der Waals surface area contributed by atoms with E-state index in [4.69, 9.17) is 11.6 Å². The average molecular weight is 152 g/mol. The number of H-pyrrole nitrogens is 1. The normalized spacial score (nSPS) is 10.5. The second-order valence-corrected chi connectivity index (χ2v) is 2.34. The fraction of sp³-hybridized carbons (Fsp3) is 0. The van der Waals surface area contributed by atoms with Crippen LogP contribution >= 0.6 is 11.6 Å². The van der Waals surface area contributed by atoms with Gasteiger partial charge in [0.25, 0.3) is 0 Å². The number of halogens is 1. The van der Waals surface area contributed by atoms with Crippen molar-refractivity contribution in [2.24, 2.45) is 0 Å². The summed E-state index contributed by atoms with van der Waals surface area (Å²) in [6.45, 7) is 0. The van der Waals surface area contributed by atoms with Gasteiger partial charge >= 0.3 is 0 Å². The molecule has 0 saturated heterocycles. The molecule has 10 heavy (non-hydrogen) atoms. The lowest BCUT2D eigenvalue weighted by atomic mass is 10.3. The van der Waals surface area contributed by atoms with Crippen molar-refractivity contribution in [3.8, 4) is 0 Å². The number of aromatic amines is 1. The van der Waals surface area contributed by atoms with Gasteiger partial charge in [0.05, 0.1) is 5.52 Å². The van der Waals surface area contributed by atoms with Gasteiger partial charge < -0.3 is 0 Å². The van der Waals surface area contributed by atoms with E-state index >= 15 is 0 Å². The van der Waals surface area contributed by atoms with Crippen LogP contribution in [0.1, 0.15) is 0 Å². The number of benzene rings is 1. The van der Waals surface area contributed by atoms with Crippen molar-refractivity contribution >= 4 is 22.5 Å². The molecule has 1 N–H and O–H groups in total. The number of fused-ring (bicyclic) bond motifs is 1. The third kappa shape index (κ3) is 0.693. The zero-order valence-corrected chi connectivity index (χ0v) is 5.81. The molecule has 0 atom stereocenters. The third-order valence-corrected chi connectivity index (χ3v) is 1.65. The lowest BCUT2D eigenvalue weighted by molar-refractivity contribution is 1.12. The first-order valence-corrected chi connectivity index (χ1v) is 3.25. The highest BCUT2D eigenvalue weighted by Crippen LogP contribution is 2.18. The molecule has 0 saturated carbocycles. The van der Waals surface area contributed by atoms with E-state index in [1.54, 1.807) is 6.07 Å². The van der Waals surface area contributed by atoms with Gasteiger partial charge in [0.2, 0.25) is 0 Å². The molecule has 1 radical (unpaired) electrons. The highest BCUT2D eigenvalue weighted by Gasteiger charge is 1.98. The van der Waals surface area contributed by atoms with Crippen molar-refractivity contribution in [3.63, 3.8) is 0 Å². The molecule has 0 unspecified atom stereocenters. The number of nitrogens with one attached hydrogen (secondary N) is 1. The van der Waals surface area contributed by atoms with E-state index in [2.05, 4.69) is 16.3 Å². The summed E-state index contributed by atoms with van der Waals surface area (Å²) in [5, 5.41) is 8.03. The van der Waals surface area contributed by atoms with Gasteiger partial charge in [0, 0.05) is 5.39 Å². The van der Waals surface area contributed by atoms with Crippen LogP contribution in [-0.2, 0) is 0 Å². The molecule has 49 valence electrons. The Morgan fingerprint density at radius 3 is 3.30 bits per heavy atom. The fourth-order valence-corrected chi connectivity index (χ4v) is 1.07. The van der Waals surface area contributed by atoms with E-state index in [1.807, 2.05) is 12.1 Å². The van der Waals surface area contributed by atoms with Gasteiger partial charge in [-0.1, -0.05) is 17.7 Å². The van der Waals surface area contributed by atoms with Crippen molar-refractivity contribution in [1.82, 2.24) is 10.2 Å². The second kappa shape index (κ2) is 1.99. The minimum Gasteiger partial charge on any atom is -0.276 e. The molecule has 0 amide bonds. The highest BCUT2D eigenvalue weighted by atomic mass is 35.5. The molecule has 0 aliphatic carbocycles. The molecule has 0 aliphatic rings. The predicted octanol–water partition coefficient (Wildman–Crippen LogP) is 2.02. The van der Waals surface area contributed by atoms with Gasteiger partial charge in [0.15, 0.2) is 5.15 Å². The van der Waals surface area contributed by atoms with Crippen LogP contribution in [-0.4, -0.2) is 10.2 Å². The van der Waals surface area contributed by atoms with Crippen LogP contribution in [0.5, 0.6) is 0 Å². The van der Waals surface area contributed by atoms with Gasteiger partial charge in [0.1, 0.15) is 0 Å². The molecule has 2 aromatic rings. The molecule has 0 aliphatic heterocycles. The molecular weight excluding hydrogens is 148 g/mol. The smallest absolute Gasteiger partial charge is 0.158 e. The van der Waals surface area contributed by atoms with Crippen LogP contribution in [0.4, 0.5) is 0 Å². The van der Waals surface area contributed by atoms with Crippen molar-refractivity contribution in [3.05, 3.63) is 29.4 Å². The first kappa shape index (κ1) is 5.74. The molecule has 0 fully saturated rings. The van der Waals surface area contributed by atoms with Crippen LogP contribution < -0.4 is 0 Å². The maximum absolute atomic E-state index is 5.71. The molecule has 2 rings (SSSR count). The summed E-state index contributed by atoms with van der Waals surface area (Å²) in [6.07, 6.45) is 0. The maximum Gasteiger partial charge on any atom is 0.158 e. The fourth-order valence-electron chi connectivity index (χ4n) is 0.868. The van der Waals surface area contributed by atoms with E-state index in [0.29, 0.717) is 5.15 Å². The Hall–Kier alpha value is -1.02. The molecule has 1 aromatic carbocycles. The van der Waals surface area contributed by atoms with Crippen LogP contribution in [0.25, 0.3) is 10.9 Å². The van der Waals surface area contributed by atoms with Gasteiger partial charge in [-0.15, -0.1) is 0 Å². The molecule has 2 nitrogen and oxygen atoms in total. The summed E-state index contributed by atoms with van der Waals surface area (Å²) < 4.78 is 0. The maximum atomic E-state index is 5.71. The lowest BCUT2D eigenvalue weighted by Gasteiger charge is -1.82. The Morgan fingerprint density at radius 2 is 2.50 bits per heavy atom. The standard InChI is InChI=1S/C7H4ClN2/c8-7-5-3-1-2-4-6(5)9-10-7/h2-4H,(H,9,10).